The number of hydrogen-bond donors (Lipinski definition) is 1. The number of rotatable bonds is 6. The molecule has 0 aromatic heterocycles. The third-order valence-electron chi connectivity index (χ3n) is 5.55. The Kier molecular flexibility index (Phi) is 6.37. The van der Waals surface area contributed by atoms with E-state index in [4.69, 9.17) is 9.15 Å². The van der Waals surface area contributed by atoms with Crippen molar-refractivity contribution in [3.8, 4) is 22.5 Å². The van der Waals surface area contributed by atoms with Gasteiger partial charge in [-0.2, -0.15) is 0 Å². The highest BCUT2D eigenvalue weighted by Gasteiger charge is 2.23. The third-order valence-corrected chi connectivity index (χ3v) is 5.55. The molecule has 5 nitrogen and oxygen atoms in total. The monoisotopic (exact) mass is 429 g/mol. The third kappa shape index (κ3) is 4.04. The lowest BCUT2D eigenvalue weighted by molar-refractivity contribution is -0.568. The van der Waals surface area contributed by atoms with Gasteiger partial charge < -0.3 is 14.5 Å². The number of nitrogens with zero attached hydrogens (tertiary/aromatic N) is 1. The molecule has 164 valence electrons. The van der Waals surface area contributed by atoms with E-state index in [1.807, 2.05) is 56.3 Å². The molecule has 2 aliphatic rings. The fourth-order valence-corrected chi connectivity index (χ4v) is 4.15. The van der Waals surface area contributed by atoms with Gasteiger partial charge in [-0.25, -0.2) is 4.79 Å². The van der Waals surface area contributed by atoms with Crippen molar-refractivity contribution >= 4 is 22.6 Å². The summed E-state index contributed by atoms with van der Waals surface area (Å²) < 4.78 is 11.7. The summed E-state index contributed by atoms with van der Waals surface area (Å²) in [7, 11) is 0. The fraction of sp³-hybridized carbons (Fsp3) is 0.259. The van der Waals surface area contributed by atoms with Crippen LogP contribution in [0, 0.1) is 6.92 Å². The van der Waals surface area contributed by atoms with Gasteiger partial charge in [0.05, 0.1) is 24.1 Å². The van der Waals surface area contributed by atoms with Crippen molar-refractivity contribution in [3.05, 3.63) is 71.1 Å². The van der Waals surface area contributed by atoms with E-state index in [0.29, 0.717) is 18.7 Å². The van der Waals surface area contributed by atoms with E-state index in [1.165, 1.54) is 5.56 Å². The molecule has 2 aromatic carbocycles. The van der Waals surface area contributed by atoms with Crippen molar-refractivity contribution in [1.82, 2.24) is 0 Å². The highest BCUT2D eigenvalue weighted by atomic mass is 16.5. The van der Waals surface area contributed by atoms with Crippen LogP contribution in [0.3, 0.4) is 0 Å². The number of hydrogen-bond acceptors (Lipinski definition) is 4. The Morgan fingerprint density at radius 2 is 1.84 bits per heavy atom. The maximum absolute atomic E-state index is 12.8. The van der Waals surface area contributed by atoms with Gasteiger partial charge in [-0.1, -0.05) is 18.2 Å². The molecule has 0 amide bonds. The molecule has 4 rings (SSSR count). The topological polar surface area (TPSA) is 68.4 Å². The summed E-state index contributed by atoms with van der Waals surface area (Å²) in [5.74, 6) is 0.419. The first kappa shape index (κ1) is 21.8. The largest absolute Gasteiger partial charge is 0.462 e. The van der Waals surface area contributed by atoms with Gasteiger partial charge in [0.15, 0.2) is 0 Å². The number of esters is 1. The van der Waals surface area contributed by atoms with Gasteiger partial charge in [0.25, 0.3) is 0 Å². The zero-order valence-electron chi connectivity index (χ0n) is 19.1. The lowest BCUT2D eigenvalue weighted by Gasteiger charge is -2.18. The molecular formula is C27H29N2O3+. The minimum Gasteiger partial charge on any atom is -0.462 e. The summed E-state index contributed by atoms with van der Waals surface area (Å²) in [6, 6.07) is 17.9. The Labute approximate surface area is 188 Å². The molecule has 0 unspecified atom stereocenters. The summed E-state index contributed by atoms with van der Waals surface area (Å²) in [6.07, 6.45) is 0. The van der Waals surface area contributed by atoms with Crippen molar-refractivity contribution in [2.75, 3.05) is 19.7 Å². The van der Waals surface area contributed by atoms with E-state index in [-0.39, 0.29) is 5.97 Å². The summed E-state index contributed by atoms with van der Waals surface area (Å²) in [5.41, 5.74) is 6.40. The lowest BCUT2D eigenvalue weighted by atomic mass is 9.90. The molecule has 2 N–H and O–H groups in total. The number of nitrogens with two attached hydrogens (primary N) is 1. The number of carbonyl (C=O) groups is 1. The average molecular weight is 430 g/mol. The Hall–Kier alpha value is -3.44. The predicted molar refractivity (Wildman–Crippen MR) is 127 cm³/mol. The highest BCUT2D eigenvalue weighted by molar-refractivity contribution is 6.08. The first-order valence-electron chi connectivity index (χ1n) is 11.2. The number of ether oxygens (including phenoxy) is 1. The van der Waals surface area contributed by atoms with Crippen LogP contribution < -0.4 is 10.7 Å². The van der Waals surface area contributed by atoms with Gasteiger partial charge in [-0.15, -0.1) is 0 Å². The molecule has 0 radical (unpaired) electrons. The second-order valence-corrected chi connectivity index (χ2v) is 7.72. The van der Waals surface area contributed by atoms with Crippen molar-refractivity contribution in [1.29, 1.82) is 0 Å². The smallest absolute Gasteiger partial charge is 0.338 e. The van der Waals surface area contributed by atoms with Crippen LogP contribution >= 0.6 is 0 Å². The molecule has 0 bridgehead atoms. The number of quaternary nitrogens is 1. The maximum Gasteiger partial charge on any atom is 0.338 e. The second-order valence-electron chi connectivity index (χ2n) is 7.72. The molecule has 0 atom stereocenters. The minimum atomic E-state index is -0.324. The number of fused-ring (bicyclic) bond motifs is 2. The molecule has 0 saturated carbocycles. The molecular weight excluding hydrogens is 400 g/mol. The Morgan fingerprint density at radius 1 is 1.03 bits per heavy atom. The van der Waals surface area contributed by atoms with Gasteiger partial charge in [0.1, 0.15) is 17.0 Å². The van der Waals surface area contributed by atoms with E-state index >= 15 is 0 Å². The van der Waals surface area contributed by atoms with Crippen LogP contribution in [0.1, 0.15) is 36.7 Å². The van der Waals surface area contributed by atoms with E-state index in [2.05, 4.69) is 36.3 Å². The zero-order valence-corrected chi connectivity index (χ0v) is 19.1. The van der Waals surface area contributed by atoms with E-state index < -0.39 is 0 Å². The lowest BCUT2D eigenvalue weighted by Crippen LogP contribution is -2.77. The number of aryl methyl sites for hydroxylation is 1. The first-order valence-corrected chi connectivity index (χ1v) is 11.2. The first-order chi connectivity index (χ1) is 15.6. The van der Waals surface area contributed by atoms with Gasteiger partial charge in [-0.05, 0) is 57.5 Å². The Balaban J connectivity index is 2.12. The maximum atomic E-state index is 12.8. The van der Waals surface area contributed by atoms with Gasteiger partial charge in [0.2, 0.25) is 0 Å². The fourth-order valence-electron chi connectivity index (χ4n) is 4.15. The van der Waals surface area contributed by atoms with Crippen molar-refractivity contribution < 1.29 is 19.3 Å². The summed E-state index contributed by atoms with van der Waals surface area (Å²) >= 11 is 0. The molecule has 1 heterocycles. The average Bonchev–Trinajstić information content (AvgIpc) is 2.79. The van der Waals surface area contributed by atoms with Crippen LogP contribution in [-0.4, -0.2) is 25.7 Å². The SMILES string of the molecule is CCN=c1ccc2c(-c3ccccc3C(=O)OCC)c3cc(C)c([NH2+]CC)cc3oc-2c1. The van der Waals surface area contributed by atoms with Crippen molar-refractivity contribution in [2.24, 2.45) is 4.99 Å². The normalized spacial score (nSPS) is 11.9. The van der Waals surface area contributed by atoms with Crippen LogP contribution in [0.4, 0.5) is 5.69 Å². The molecule has 0 fully saturated rings. The van der Waals surface area contributed by atoms with Crippen LogP contribution in [-0.2, 0) is 4.74 Å². The summed E-state index contributed by atoms with van der Waals surface area (Å²) in [6.45, 7) is 10.0. The number of benzene rings is 3. The second kappa shape index (κ2) is 9.37. The molecule has 0 saturated heterocycles. The van der Waals surface area contributed by atoms with E-state index in [9.17, 15) is 4.79 Å². The van der Waals surface area contributed by atoms with Crippen molar-refractivity contribution in [2.45, 2.75) is 27.7 Å². The quantitative estimate of drug-likeness (QED) is 0.271. The van der Waals surface area contributed by atoms with Gasteiger partial charge >= 0.3 is 5.97 Å². The van der Waals surface area contributed by atoms with Gasteiger partial charge in [-0.3, -0.25) is 4.99 Å². The molecule has 32 heavy (non-hydrogen) atoms. The number of carbonyl (C=O) groups excluding carboxylic acids is 1. The van der Waals surface area contributed by atoms with Crippen LogP contribution in [0.15, 0.2) is 64.0 Å². The van der Waals surface area contributed by atoms with Crippen LogP contribution in [0.5, 0.6) is 0 Å². The van der Waals surface area contributed by atoms with E-state index in [1.54, 1.807) is 0 Å². The standard InChI is InChI=1S/C27H28N2O3/c1-5-28-18-12-13-21-24(15-18)32-25-16-23(29-6-2)17(4)14-22(25)26(21)19-10-8-9-11-20(19)27(30)31-7-3/h8-16,29H,5-7H2,1-4H3/p+1. The zero-order chi connectivity index (χ0) is 22.7. The van der Waals surface area contributed by atoms with Crippen molar-refractivity contribution in [3.63, 3.8) is 0 Å². The minimum absolute atomic E-state index is 0.324. The molecule has 1 aliphatic heterocycles. The molecule has 1 aliphatic carbocycles. The Morgan fingerprint density at radius 3 is 2.59 bits per heavy atom. The van der Waals surface area contributed by atoms with E-state index in [0.717, 1.165) is 51.0 Å². The molecule has 0 spiro atoms. The van der Waals surface area contributed by atoms with Gasteiger partial charge in [0, 0.05) is 40.8 Å². The summed E-state index contributed by atoms with van der Waals surface area (Å²) in [4.78, 5) is 17.3. The molecule has 2 aromatic rings. The van der Waals surface area contributed by atoms with Crippen LogP contribution in [0.2, 0.25) is 0 Å². The highest BCUT2D eigenvalue weighted by Crippen LogP contribution is 2.42. The Bertz CT molecular complexity index is 1320. The summed E-state index contributed by atoms with van der Waals surface area (Å²) in [5, 5.41) is 4.05. The molecule has 5 heteroatoms. The van der Waals surface area contributed by atoms with Crippen LogP contribution in [0.25, 0.3) is 33.4 Å². The predicted octanol–water partition coefficient (Wildman–Crippen LogP) is 4.83.